The summed E-state index contributed by atoms with van der Waals surface area (Å²) in [5, 5.41) is 6.47. The summed E-state index contributed by atoms with van der Waals surface area (Å²) < 4.78 is 0. The van der Waals surface area contributed by atoms with Gasteiger partial charge < -0.3 is 5.32 Å². The first-order valence-corrected chi connectivity index (χ1v) is 5.44. The van der Waals surface area contributed by atoms with Crippen LogP contribution >= 0.6 is 0 Å². The van der Waals surface area contributed by atoms with Crippen LogP contribution in [0.5, 0.6) is 0 Å². The van der Waals surface area contributed by atoms with Gasteiger partial charge in [-0.05, 0) is 41.9 Å². The molecule has 1 aliphatic carbocycles. The molecule has 84 valence electrons. The highest BCUT2D eigenvalue weighted by Gasteiger charge is 2.31. The van der Waals surface area contributed by atoms with Crippen LogP contribution in [0.15, 0.2) is 5.11 Å². The van der Waals surface area contributed by atoms with Crippen molar-refractivity contribution in [1.29, 1.82) is 0 Å². The van der Waals surface area contributed by atoms with Gasteiger partial charge in [0.25, 0.3) is 0 Å². The van der Waals surface area contributed by atoms with Crippen molar-refractivity contribution in [2.75, 3.05) is 6.54 Å². The topological polar surface area (TPSA) is 77.9 Å². The van der Waals surface area contributed by atoms with E-state index >= 15 is 0 Å². The maximum absolute atomic E-state index is 11.1. The van der Waals surface area contributed by atoms with E-state index in [-0.39, 0.29) is 5.91 Å². The third-order valence-electron chi connectivity index (χ3n) is 2.96. The van der Waals surface area contributed by atoms with Gasteiger partial charge in [0.15, 0.2) is 0 Å². The van der Waals surface area contributed by atoms with Crippen LogP contribution in [-0.4, -0.2) is 18.5 Å². The van der Waals surface area contributed by atoms with Crippen LogP contribution < -0.4 is 5.32 Å². The normalized spacial score (nSPS) is 24.5. The highest BCUT2D eigenvalue weighted by Crippen LogP contribution is 2.36. The van der Waals surface area contributed by atoms with E-state index in [2.05, 4.69) is 29.2 Å². The molecule has 1 rings (SSSR count). The maximum atomic E-state index is 11.1. The van der Waals surface area contributed by atoms with Crippen molar-refractivity contribution in [3.05, 3.63) is 10.4 Å². The Morgan fingerprint density at radius 2 is 2.20 bits per heavy atom. The Hall–Kier alpha value is -1.06. The minimum Gasteiger partial charge on any atom is -0.314 e. The Labute approximate surface area is 89.9 Å². The van der Waals surface area contributed by atoms with Gasteiger partial charge in [0.1, 0.15) is 0 Å². The third-order valence-corrected chi connectivity index (χ3v) is 2.96. The molecule has 5 nitrogen and oxygen atoms in total. The van der Waals surface area contributed by atoms with Crippen LogP contribution in [0.1, 0.15) is 33.1 Å². The van der Waals surface area contributed by atoms with Gasteiger partial charge in [0, 0.05) is 17.4 Å². The van der Waals surface area contributed by atoms with E-state index < -0.39 is 0 Å². The Balaban J connectivity index is 2.26. The van der Waals surface area contributed by atoms with Gasteiger partial charge in [-0.1, -0.05) is 13.8 Å². The highest BCUT2D eigenvalue weighted by atomic mass is 16.1. The number of nitrogens with one attached hydrogen (secondary N) is 1. The number of carbonyl (C=O) groups is 1. The number of hydrogen-bond acceptors (Lipinski definition) is 2. The van der Waals surface area contributed by atoms with Gasteiger partial charge in [-0.25, -0.2) is 0 Å². The van der Waals surface area contributed by atoms with Gasteiger partial charge >= 0.3 is 0 Å². The molecule has 0 radical (unpaired) electrons. The number of hydrogen-bond donors (Lipinski definition) is 1. The second-order valence-corrected chi connectivity index (χ2v) is 4.45. The van der Waals surface area contributed by atoms with Crippen molar-refractivity contribution in [2.24, 2.45) is 17.0 Å². The molecule has 5 heteroatoms. The Kier molecular flexibility index (Phi) is 4.59. The molecule has 0 aliphatic heterocycles. The summed E-state index contributed by atoms with van der Waals surface area (Å²) in [6.07, 6.45) is 2.67. The molecule has 2 unspecified atom stereocenters. The van der Waals surface area contributed by atoms with Gasteiger partial charge in [-0.3, -0.25) is 4.79 Å². The fraction of sp³-hybridized carbons (Fsp3) is 0.900. The smallest absolute Gasteiger partial charge is 0.219 e. The zero-order valence-corrected chi connectivity index (χ0v) is 9.31. The first-order valence-electron chi connectivity index (χ1n) is 5.44. The van der Waals surface area contributed by atoms with E-state index in [1.54, 1.807) is 0 Å². The second kappa shape index (κ2) is 5.73. The molecule has 1 saturated carbocycles. The lowest BCUT2D eigenvalue weighted by molar-refractivity contribution is -0.120. The van der Waals surface area contributed by atoms with Gasteiger partial charge in [0.2, 0.25) is 5.91 Å². The fourth-order valence-corrected chi connectivity index (χ4v) is 1.88. The zero-order valence-electron chi connectivity index (χ0n) is 9.31. The Bertz CT molecular complexity index is 271. The van der Waals surface area contributed by atoms with Crippen LogP contribution in [0.4, 0.5) is 0 Å². The summed E-state index contributed by atoms with van der Waals surface area (Å²) in [4.78, 5) is 13.6. The summed E-state index contributed by atoms with van der Waals surface area (Å²) in [5.41, 5.74) is 8.11. The summed E-state index contributed by atoms with van der Waals surface area (Å²) in [6.45, 7) is 5.18. The van der Waals surface area contributed by atoms with E-state index in [0.717, 1.165) is 13.0 Å². The highest BCUT2D eigenvalue weighted by molar-refractivity contribution is 5.77. The standard InChI is InChI=1S/C10H18N4O/c1-7(2)12-6-9-4-3-8(9)5-10(15)13-14-11/h7-9,12H,3-6H2,1-2H3. The summed E-state index contributed by atoms with van der Waals surface area (Å²) in [6, 6.07) is 0.485. The van der Waals surface area contributed by atoms with Crippen LogP contribution in [0.2, 0.25) is 0 Å². The fourth-order valence-electron chi connectivity index (χ4n) is 1.88. The lowest BCUT2D eigenvalue weighted by atomic mass is 9.71. The molecule has 0 aromatic rings. The predicted molar refractivity (Wildman–Crippen MR) is 58.1 cm³/mol. The van der Waals surface area contributed by atoms with Crippen LogP contribution in [0, 0.1) is 11.8 Å². The largest absolute Gasteiger partial charge is 0.314 e. The van der Waals surface area contributed by atoms with Gasteiger partial charge in [0.05, 0.1) is 0 Å². The first-order chi connectivity index (χ1) is 7.13. The zero-order chi connectivity index (χ0) is 11.3. The molecule has 1 N–H and O–H groups in total. The van der Waals surface area contributed by atoms with Crippen molar-refractivity contribution in [3.63, 3.8) is 0 Å². The molecule has 0 aromatic heterocycles. The number of rotatable bonds is 5. The quantitative estimate of drug-likeness (QED) is 0.429. The lowest BCUT2D eigenvalue weighted by Gasteiger charge is -2.36. The Morgan fingerprint density at radius 1 is 1.53 bits per heavy atom. The molecule has 1 amide bonds. The molecule has 0 bridgehead atoms. The van der Waals surface area contributed by atoms with E-state index in [1.165, 1.54) is 6.42 Å². The number of carbonyl (C=O) groups excluding carboxylic acids is 1. The minimum atomic E-state index is -0.322. The molecule has 2 atom stereocenters. The average Bonchev–Trinajstić information content (AvgIpc) is 2.13. The summed E-state index contributed by atoms with van der Waals surface area (Å²) >= 11 is 0. The van der Waals surface area contributed by atoms with Crippen molar-refractivity contribution in [3.8, 4) is 0 Å². The molecule has 0 saturated heterocycles. The third kappa shape index (κ3) is 3.90. The SMILES string of the molecule is CC(C)NCC1CCC1CC(=O)N=[N+]=[N-]. The van der Waals surface area contributed by atoms with Crippen LogP contribution in [0.3, 0.4) is 0 Å². The summed E-state index contributed by atoms with van der Waals surface area (Å²) in [5.74, 6) is 0.663. The first kappa shape index (κ1) is 12.0. The van der Waals surface area contributed by atoms with E-state index in [1.807, 2.05) is 0 Å². The molecular formula is C10H18N4O. The van der Waals surface area contributed by atoms with Crippen molar-refractivity contribution >= 4 is 5.91 Å². The van der Waals surface area contributed by atoms with Crippen molar-refractivity contribution < 1.29 is 4.79 Å². The maximum Gasteiger partial charge on any atom is 0.219 e. The average molecular weight is 210 g/mol. The molecule has 0 spiro atoms. The van der Waals surface area contributed by atoms with Gasteiger partial charge in [-0.2, -0.15) is 0 Å². The number of amides is 1. The van der Waals surface area contributed by atoms with Gasteiger partial charge in [-0.15, -0.1) is 0 Å². The van der Waals surface area contributed by atoms with E-state index in [9.17, 15) is 4.79 Å². The molecule has 0 aromatic carbocycles. The molecule has 0 heterocycles. The molecular weight excluding hydrogens is 192 g/mol. The number of azide groups is 1. The van der Waals surface area contributed by atoms with E-state index in [4.69, 9.17) is 5.53 Å². The lowest BCUT2D eigenvalue weighted by Crippen LogP contribution is -2.38. The molecule has 1 aliphatic rings. The predicted octanol–water partition coefficient (Wildman–Crippen LogP) is 2.24. The molecule has 1 fully saturated rings. The number of nitrogens with zero attached hydrogens (tertiary/aromatic N) is 3. The van der Waals surface area contributed by atoms with Crippen molar-refractivity contribution in [2.45, 2.75) is 39.2 Å². The van der Waals surface area contributed by atoms with E-state index in [0.29, 0.717) is 24.3 Å². The van der Waals surface area contributed by atoms with Crippen LogP contribution in [-0.2, 0) is 4.79 Å². The summed E-state index contributed by atoms with van der Waals surface area (Å²) in [7, 11) is 0. The monoisotopic (exact) mass is 210 g/mol. The van der Waals surface area contributed by atoms with Crippen LogP contribution in [0.25, 0.3) is 10.4 Å². The minimum absolute atomic E-state index is 0.322. The van der Waals surface area contributed by atoms with Crippen molar-refractivity contribution in [1.82, 2.24) is 5.32 Å². The molecule has 15 heavy (non-hydrogen) atoms. The second-order valence-electron chi connectivity index (χ2n) is 4.45. The Morgan fingerprint density at radius 3 is 2.67 bits per heavy atom.